The van der Waals surface area contributed by atoms with Crippen molar-refractivity contribution in [2.24, 2.45) is 5.10 Å². The fourth-order valence-electron chi connectivity index (χ4n) is 2.05. The van der Waals surface area contributed by atoms with E-state index in [0.717, 1.165) is 4.47 Å². The lowest BCUT2D eigenvalue weighted by Gasteiger charge is -2.12. The molecule has 0 saturated carbocycles. The summed E-state index contributed by atoms with van der Waals surface area (Å²) in [6, 6.07) is 8.17. The first kappa shape index (κ1) is 21.9. The number of nitrogens with zero attached hydrogens (tertiary/aromatic N) is 1. The van der Waals surface area contributed by atoms with E-state index in [1.807, 2.05) is 0 Å². The summed E-state index contributed by atoms with van der Waals surface area (Å²) >= 11 is 15.2. The van der Waals surface area contributed by atoms with Crippen molar-refractivity contribution in [2.45, 2.75) is 0 Å². The number of benzene rings is 2. The molecule has 0 spiro atoms. The summed E-state index contributed by atoms with van der Waals surface area (Å²) in [4.78, 5) is 11.9. The normalized spacial score (nSPS) is 10.4. The number of hydrogen-bond acceptors (Lipinski definition) is 5. The molecule has 28 heavy (non-hydrogen) atoms. The predicted octanol–water partition coefficient (Wildman–Crippen LogP) is 4.31. The molecular weight excluding hydrogens is 471 g/mol. The molecule has 0 radical (unpaired) electrons. The van der Waals surface area contributed by atoms with E-state index in [9.17, 15) is 4.79 Å². The van der Waals surface area contributed by atoms with Gasteiger partial charge in [-0.15, -0.1) is 6.42 Å². The number of carbonyl (C=O) groups excluding carboxylic acids is 1. The monoisotopic (exact) mass is 484 g/mol. The molecule has 0 heterocycles. The summed E-state index contributed by atoms with van der Waals surface area (Å²) in [5, 5.41) is 4.69. The van der Waals surface area contributed by atoms with Crippen LogP contribution in [0.2, 0.25) is 10.0 Å². The Morgan fingerprint density at radius 3 is 2.75 bits per heavy atom. The second-order valence-electron chi connectivity index (χ2n) is 5.18. The van der Waals surface area contributed by atoms with Crippen LogP contribution in [0, 0.1) is 12.3 Å². The lowest BCUT2D eigenvalue weighted by atomic mass is 10.2. The van der Waals surface area contributed by atoms with Crippen LogP contribution < -0.4 is 19.6 Å². The van der Waals surface area contributed by atoms with E-state index in [4.69, 9.17) is 43.8 Å². The van der Waals surface area contributed by atoms with E-state index in [0.29, 0.717) is 32.9 Å². The molecule has 2 aromatic rings. The van der Waals surface area contributed by atoms with Gasteiger partial charge in [0.2, 0.25) is 0 Å². The van der Waals surface area contributed by atoms with Gasteiger partial charge in [-0.2, -0.15) is 5.10 Å². The summed E-state index contributed by atoms with van der Waals surface area (Å²) in [6.45, 7) is -0.220. The first-order valence-electron chi connectivity index (χ1n) is 7.78. The molecular formula is C19H15BrCl2N2O4. The zero-order valence-electron chi connectivity index (χ0n) is 14.7. The Kier molecular flexibility index (Phi) is 8.45. The molecule has 0 fully saturated rings. The van der Waals surface area contributed by atoms with Crippen molar-refractivity contribution >= 4 is 51.3 Å². The Morgan fingerprint density at radius 1 is 1.29 bits per heavy atom. The number of amides is 1. The maximum Gasteiger partial charge on any atom is 0.277 e. The molecule has 2 rings (SSSR count). The molecule has 0 unspecified atom stereocenters. The number of ether oxygens (including phenoxy) is 3. The van der Waals surface area contributed by atoms with Gasteiger partial charge in [0.25, 0.3) is 5.91 Å². The van der Waals surface area contributed by atoms with Crippen LogP contribution in [0.5, 0.6) is 17.2 Å². The zero-order valence-corrected chi connectivity index (χ0v) is 17.8. The molecule has 0 bridgehead atoms. The van der Waals surface area contributed by atoms with Crippen molar-refractivity contribution in [3.8, 4) is 29.6 Å². The summed E-state index contributed by atoms with van der Waals surface area (Å²) in [7, 11) is 1.51. The maximum absolute atomic E-state index is 11.9. The van der Waals surface area contributed by atoms with Gasteiger partial charge in [-0.1, -0.05) is 45.1 Å². The molecule has 9 heteroatoms. The fraction of sp³-hybridized carbons (Fsp3) is 0.158. The summed E-state index contributed by atoms with van der Waals surface area (Å²) in [6.07, 6.45) is 6.65. The molecule has 0 aliphatic carbocycles. The number of rotatable bonds is 8. The molecule has 146 valence electrons. The molecule has 1 N–H and O–H groups in total. The van der Waals surface area contributed by atoms with Crippen LogP contribution in [0.1, 0.15) is 5.56 Å². The van der Waals surface area contributed by atoms with Gasteiger partial charge in [0, 0.05) is 15.1 Å². The predicted molar refractivity (Wildman–Crippen MR) is 113 cm³/mol. The third kappa shape index (κ3) is 6.34. The topological polar surface area (TPSA) is 69.2 Å². The van der Waals surface area contributed by atoms with E-state index in [1.54, 1.807) is 24.3 Å². The van der Waals surface area contributed by atoms with Gasteiger partial charge < -0.3 is 14.2 Å². The van der Waals surface area contributed by atoms with Gasteiger partial charge in [-0.25, -0.2) is 5.43 Å². The summed E-state index contributed by atoms with van der Waals surface area (Å²) < 4.78 is 16.9. The Balaban J connectivity index is 2.02. The lowest BCUT2D eigenvalue weighted by molar-refractivity contribution is -0.123. The highest BCUT2D eigenvalue weighted by atomic mass is 79.9. The SMILES string of the molecule is C#CCOc1c(/C=N\NC(=O)COc2ccc(Cl)cc2Cl)cc(Br)cc1OC. The highest BCUT2D eigenvalue weighted by Gasteiger charge is 2.12. The Bertz CT molecular complexity index is 929. The average Bonchev–Trinajstić information content (AvgIpc) is 2.66. The largest absolute Gasteiger partial charge is 0.493 e. The molecule has 0 aromatic heterocycles. The van der Waals surface area contributed by atoms with E-state index in [2.05, 4.69) is 32.4 Å². The van der Waals surface area contributed by atoms with Crippen molar-refractivity contribution < 1.29 is 19.0 Å². The van der Waals surface area contributed by atoms with Crippen LogP contribution in [-0.4, -0.2) is 32.4 Å². The number of carbonyl (C=O) groups is 1. The number of nitrogens with one attached hydrogen (secondary N) is 1. The number of hydrogen-bond donors (Lipinski definition) is 1. The quantitative estimate of drug-likeness (QED) is 0.343. The number of methoxy groups -OCH3 is 1. The molecule has 0 saturated heterocycles. The third-order valence-corrected chi connectivity index (χ3v) is 4.20. The van der Waals surface area contributed by atoms with Crippen LogP contribution >= 0.6 is 39.1 Å². The molecule has 6 nitrogen and oxygen atoms in total. The summed E-state index contributed by atoms with van der Waals surface area (Å²) in [5.74, 6) is 3.13. The van der Waals surface area contributed by atoms with Gasteiger partial charge in [0.15, 0.2) is 18.1 Å². The first-order chi connectivity index (χ1) is 13.4. The maximum atomic E-state index is 11.9. The molecule has 2 aromatic carbocycles. The van der Waals surface area contributed by atoms with Crippen molar-refractivity contribution in [2.75, 3.05) is 20.3 Å². The van der Waals surface area contributed by atoms with Crippen LogP contribution in [0.4, 0.5) is 0 Å². The number of hydrazone groups is 1. The molecule has 0 aliphatic rings. The Hall–Kier alpha value is -2.40. The molecule has 0 atom stereocenters. The van der Waals surface area contributed by atoms with Crippen molar-refractivity contribution in [1.82, 2.24) is 5.43 Å². The van der Waals surface area contributed by atoms with Gasteiger partial charge in [0.1, 0.15) is 12.4 Å². The van der Waals surface area contributed by atoms with E-state index in [1.165, 1.54) is 19.4 Å². The highest BCUT2D eigenvalue weighted by molar-refractivity contribution is 9.10. The second kappa shape index (κ2) is 10.8. The average molecular weight is 486 g/mol. The van der Waals surface area contributed by atoms with Gasteiger partial charge in [0.05, 0.1) is 18.3 Å². The van der Waals surface area contributed by atoms with Crippen LogP contribution in [0.15, 0.2) is 39.9 Å². The van der Waals surface area contributed by atoms with E-state index in [-0.39, 0.29) is 13.2 Å². The first-order valence-corrected chi connectivity index (χ1v) is 9.33. The minimum atomic E-state index is -0.477. The van der Waals surface area contributed by atoms with Gasteiger partial charge in [-0.3, -0.25) is 4.79 Å². The molecule has 0 aliphatic heterocycles. The van der Waals surface area contributed by atoms with Crippen LogP contribution in [0.3, 0.4) is 0 Å². The van der Waals surface area contributed by atoms with E-state index >= 15 is 0 Å². The fourth-order valence-corrected chi connectivity index (χ4v) is 2.96. The highest BCUT2D eigenvalue weighted by Crippen LogP contribution is 2.34. The van der Waals surface area contributed by atoms with Gasteiger partial charge >= 0.3 is 0 Å². The van der Waals surface area contributed by atoms with Crippen molar-refractivity contribution in [3.05, 3.63) is 50.4 Å². The zero-order chi connectivity index (χ0) is 20.5. The summed E-state index contributed by atoms with van der Waals surface area (Å²) in [5.41, 5.74) is 2.92. The smallest absolute Gasteiger partial charge is 0.277 e. The Morgan fingerprint density at radius 2 is 2.07 bits per heavy atom. The van der Waals surface area contributed by atoms with Crippen LogP contribution in [0.25, 0.3) is 0 Å². The van der Waals surface area contributed by atoms with E-state index < -0.39 is 5.91 Å². The second-order valence-corrected chi connectivity index (χ2v) is 6.94. The van der Waals surface area contributed by atoms with Gasteiger partial charge in [-0.05, 0) is 30.3 Å². The minimum absolute atomic E-state index is 0.0564. The van der Waals surface area contributed by atoms with Crippen molar-refractivity contribution in [1.29, 1.82) is 0 Å². The standard InChI is InChI=1S/C19H15BrCl2N2O4/c1-3-6-27-19-12(7-13(20)8-17(19)26-2)10-23-24-18(25)11-28-16-5-4-14(21)9-15(16)22/h1,4-5,7-10H,6,11H2,2H3,(H,24,25)/b23-10-. The third-order valence-electron chi connectivity index (χ3n) is 3.21. The minimum Gasteiger partial charge on any atom is -0.493 e. The Labute approximate surface area is 180 Å². The molecule has 1 amide bonds. The van der Waals surface area contributed by atoms with Crippen LogP contribution in [-0.2, 0) is 4.79 Å². The number of terminal acetylenes is 1. The lowest BCUT2D eigenvalue weighted by Crippen LogP contribution is -2.24. The number of halogens is 3. The van der Waals surface area contributed by atoms with Crippen molar-refractivity contribution in [3.63, 3.8) is 0 Å².